The van der Waals surface area contributed by atoms with E-state index >= 15 is 0 Å². The first-order chi connectivity index (χ1) is 17.4. The molecule has 1 aromatic carbocycles. The van der Waals surface area contributed by atoms with Crippen LogP contribution >= 0.6 is 11.6 Å². The number of hydrogen-bond acceptors (Lipinski definition) is 5. The number of carbonyl (C=O) groups is 2. The number of ether oxygens (including phenoxy) is 2. The number of amides is 2. The Morgan fingerprint density at radius 2 is 1.87 bits per heavy atom. The number of alkyl halides is 7. The van der Waals surface area contributed by atoms with Gasteiger partial charge in [-0.15, -0.1) is 0 Å². The number of rotatable bonds is 5. The maximum Gasteiger partial charge on any atom is 0.418 e. The Kier molecular flexibility index (Phi) is 8.25. The number of carbonyl (C=O) groups excluding carboxylic acids is 2. The van der Waals surface area contributed by atoms with Gasteiger partial charge in [-0.1, -0.05) is 11.6 Å². The van der Waals surface area contributed by atoms with Crippen LogP contribution in [0.4, 0.5) is 35.5 Å². The van der Waals surface area contributed by atoms with E-state index < -0.39 is 94.7 Å². The summed E-state index contributed by atoms with van der Waals surface area (Å²) >= 11 is 6.05. The molecule has 0 saturated carbocycles. The molecular weight excluding hydrogens is 551 g/mol. The molecule has 15 heteroatoms. The van der Waals surface area contributed by atoms with Gasteiger partial charge in [-0.2, -0.15) is 22.0 Å². The van der Waals surface area contributed by atoms with Crippen LogP contribution in [0.5, 0.6) is 5.75 Å². The van der Waals surface area contributed by atoms with Crippen molar-refractivity contribution in [3.63, 3.8) is 0 Å². The predicted molar refractivity (Wildman–Crippen MR) is 122 cm³/mol. The Balaban J connectivity index is 1.89. The molecule has 1 fully saturated rings. The molecule has 1 atom stereocenters. The van der Waals surface area contributed by atoms with Crippen molar-refractivity contribution in [3.8, 4) is 5.75 Å². The van der Waals surface area contributed by atoms with E-state index in [0.29, 0.717) is 6.07 Å². The Hall–Kier alpha value is -3.03. The summed E-state index contributed by atoms with van der Waals surface area (Å²) in [6, 6.07) is 0.819. The summed E-state index contributed by atoms with van der Waals surface area (Å²) in [6.45, 7) is 0.532. The number of fused-ring (bicyclic) bond motifs is 1. The first-order valence-corrected chi connectivity index (χ1v) is 11.6. The zero-order valence-corrected chi connectivity index (χ0v) is 21.0. The highest BCUT2D eigenvalue weighted by atomic mass is 35.5. The third kappa shape index (κ3) is 7.29. The summed E-state index contributed by atoms with van der Waals surface area (Å²) in [5.74, 6) is -5.01. The molecule has 1 aromatic heterocycles. The molecule has 0 spiro atoms. The minimum absolute atomic E-state index is 0.294. The van der Waals surface area contributed by atoms with Gasteiger partial charge in [0, 0.05) is 31.3 Å². The molecule has 1 saturated heterocycles. The smallest absolute Gasteiger partial charge is 0.418 e. The first kappa shape index (κ1) is 29.5. The van der Waals surface area contributed by atoms with Crippen LogP contribution in [0.3, 0.4) is 0 Å². The number of aromatic nitrogens is 1. The lowest BCUT2D eigenvalue weighted by molar-refractivity contribution is -0.136. The van der Waals surface area contributed by atoms with Crippen LogP contribution < -0.4 is 10.1 Å². The van der Waals surface area contributed by atoms with Gasteiger partial charge in [0.1, 0.15) is 17.0 Å². The Morgan fingerprint density at radius 3 is 2.45 bits per heavy atom. The molecule has 2 amide bonds. The molecule has 3 rings (SSSR count). The number of nitrogens with one attached hydrogen (secondary N) is 1. The minimum Gasteiger partial charge on any atom is -0.444 e. The summed E-state index contributed by atoms with van der Waals surface area (Å²) < 4.78 is 104. The van der Waals surface area contributed by atoms with Crippen molar-refractivity contribution in [2.75, 3.05) is 13.1 Å². The lowest BCUT2D eigenvalue weighted by Gasteiger charge is -2.39. The summed E-state index contributed by atoms with van der Waals surface area (Å²) in [6.07, 6.45) is -7.34. The second-order valence-corrected chi connectivity index (χ2v) is 9.99. The molecule has 2 heterocycles. The normalized spacial score (nSPS) is 18.0. The fourth-order valence-corrected chi connectivity index (χ4v) is 4.08. The van der Waals surface area contributed by atoms with Crippen molar-refractivity contribution in [1.82, 2.24) is 15.2 Å². The molecule has 0 radical (unpaired) electrons. The van der Waals surface area contributed by atoms with Crippen molar-refractivity contribution in [2.45, 2.75) is 64.0 Å². The number of nitrogens with zero attached hydrogens (tertiary/aromatic N) is 2. The second kappa shape index (κ2) is 10.6. The minimum atomic E-state index is -5.08. The third-order valence-electron chi connectivity index (χ3n) is 5.42. The number of likely N-dealkylation sites (tertiary alicyclic amines) is 1. The van der Waals surface area contributed by atoms with E-state index in [1.54, 1.807) is 20.8 Å². The molecule has 38 heavy (non-hydrogen) atoms. The maximum atomic E-state index is 14.1. The van der Waals surface area contributed by atoms with Gasteiger partial charge in [0.05, 0.1) is 22.1 Å². The Bertz CT molecular complexity index is 1220. The standard InChI is InChI=1S/C23H23ClF7N3O4/c1-21(2,3)38-20(36)34-5-4-22(27,28)9-11(34)10-32-18(35)16-8-15(24)13-6-12(37-19(25)26)7-14(17(13)33-16)23(29,30)31/h6-8,11,19H,4-5,9-10H2,1-3H3,(H,32,35)/t11-/m0/s1. The third-order valence-corrected chi connectivity index (χ3v) is 5.73. The molecule has 7 nitrogen and oxygen atoms in total. The Labute approximate surface area is 217 Å². The monoisotopic (exact) mass is 573 g/mol. The van der Waals surface area contributed by atoms with E-state index in [4.69, 9.17) is 16.3 Å². The fraction of sp³-hybridized carbons (Fsp3) is 0.522. The van der Waals surface area contributed by atoms with Gasteiger partial charge in [-0.25, -0.2) is 18.6 Å². The Morgan fingerprint density at radius 1 is 1.21 bits per heavy atom. The van der Waals surface area contributed by atoms with Crippen LogP contribution in [0.2, 0.25) is 5.02 Å². The summed E-state index contributed by atoms with van der Waals surface area (Å²) in [5.41, 5.74) is -3.80. The van der Waals surface area contributed by atoms with E-state index in [1.165, 1.54) is 0 Å². The van der Waals surface area contributed by atoms with E-state index in [1.807, 2.05) is 0 Å². The number of halogens is 8. The maximum absolute atomic E-state index is 14.1. The number of benzene rings is 1. The van der Waals surface area contributed by atoms with E-state index in [9.17, 15) is 40.3 Å². The number of piperidine rings is 1. The summed E-state index contributed by atoms with van der Waals surface area (Å²) in [4.78, 5) is 30.0. The molecule has 1 aliphatic rings. The van der Waals surface area contributed by atoms with Gasteiger partial charge in [0.15, 0.2) is 0 Å². The topological polar surface area (TPSA) is 80.8 Å². The molecule has 210 valence electrons. The molecule has 1 N–H and O–H groups in total. The van der Waals surface area contributed by atoms with Crippen LogP contribution in [0, 0.1) is 0 Å². The van der Waals surface area contributed by atoms with E-state index in [0.717, 1.165) is 17.0 Å². The van der Waals surface area contributed by atoms with Gasteiger partial charge in [-0.3, -0.25) is 4.79 Å². The first-order valence-electron chi connectivity index (χ1n) is 11.2. The largest absolute Gasteiger partial charge is 0.444 e. The van der Waals surface area contributed by atoms with Crippen molar-refractivity contribution in [2.24, 2.45) is 0 Å². The SMILES string of the molecule is CC(C)(C)OC(=O)N1CCC(F)(F)C[C@H]1CNC(=O)c1cc(Cl)c2cc(OC(F)F)cc(C(F)(F)F)c2n1. The zero-order valence-electron chi connectivity index (χ0n) is 20.3. The van der Waals surface area contributed by atoms with Gasteiger partial charge in [-0.05, 0) is 39.0 Å². The van der Waals surface area contributed by atoms with Crippen molar-refractivity contribution >= 4 is 34.5 Å². The highest BCUT2D eigenvalue weighted by molar-refractivity contribution is 6.35. The van der Waals surface area contributed by atoms with E-state index in [-0.39, 0.29) is 6.54 Å². The molecule has 0 aliphatic carbocycles. The zero-order chi connectivity index (χ0) is 28.6. The van der Waals surface area contributed by atoms with Crippen LogP contribution in [-0.4, -0.2) is 59.2 Å². The van der Waals surface area contributed by atoms with Crippen LogP contribution in [0.15, 0.2) is 18.2 Å². The fourth-order valence-electron chi connectivity index (χ4n) is 3.83. The van der Waals surface area contributed by atoms with Crippen LogP contribution in [-0.2, 0) is 10.9 Å². The molecule has 0 unspecified atom stereocenters. The van der Waals surface area contributed by atoms with Crippen LogP contribution in [0.1, 0.15) is 49.7 Å². The van der Waals surface area contributed by atoms with Gasteiger partial charge < -0.3 is 19.7 Å². The van der Waals surface area contributed by atoms with Crippen molar-refractivity contribution in [3.05, 3.63) is 34.5 Å². The van der Waals surface area contributed by atoms with Gasteiger partial charge in [0.2, 0.25) is 0 Å². The quantitative estimate of drug-likeness (QED) is 0.426. The van der Waals surface area contributed by atoms with Gasteiger partial charge in [0.25, 0.3) is 11.8 Å². The highest BCUT2D eigenvalue weighted by Crippen LogP contribution is 2.39. The second-order valence-electron chi connectivity index (χ2n) is 9.58. The predicted octanol–water partition coefficient (Wildman–Crippen LogP) is 6.27. The van der Waals surface area contributed by atoms with Crippen molar-refractivity contribution in [1.29, 1.82) is 0 Å². The average molecular weight is 574 g/mol. The van der Waals surface area contributed by atoms with E-state index in [2.05, 4.69) is 15.0 Å². The molecule has 1 aliphatic heterocycles. The molecule has 2 aromatic rings. The van der Waals surface area contributed by atoms with Gasteiger partial charge >= 0.3 is 18.9 Å². The number of pyridine rings is 1. The number of hydrogen-bond donors (Lipinski definition) is 1. The lowest BCUT2D eigenvalue weighted by Crippen LogP contribution is -2.55. The summed E-state index contributed by atoms with van der Waals surface area (Å²) in [5, 5.41) is 1.46. The summed E-state index contributed by atoms with van der Waals surface area (Å²) in [7, 11) is 0. The lowest BCUT2D eigenvalue weighted by atomic mass is 9.98. The van der Waals surface area contributed by atoms with Crippen LogP contribution in [0.25, 0.3) is 10.9 Å². The molecule has 0 bridgehead atoms. The highest BCUT2D eigenvalue weighted by Gasteiger charge is 2.43. The average Bonchev–Trinajstić information content (AvgIpc) is 2.74. The van der Waals surface area contributed by atoms with Crippen molar-refractivity contribution < 1.29 is 49.8 Å². The molecular formula is C23H23ClF7N3O4.